The predicted molar refractivity (Wildman–Crippen MR) is 91.8 cm³/mol. The van der Waals surface area contributed by atoms with Crippen molar-refractivity contribution in [3.8, 4) is 5.75 Å². The van der Waals surface area contributed by atoms with Gasteiger partial charge in [-0.25, -0.2) is 9.18 Å². The number of amides is 2. The lowest BCUT2D eigenvalue weighted by Gasteiger charge is -2.20. The van der Waals surface area contributed by atoms with Gasteiger partial charge in [-0.3, -0.25) is 4.68 Å². The van der Waals surface area contributed by atoms with E-state index in [-0.39, 0.29) is 23.8 Å². The van der Waals surface area contributed by atoms with Crippen molar-refractivity contribution in [2.45, 2.75) is 32.4 Å². The molecule has 1 aromatic carbocycles. The van der Waals surface area contributed by atoms with Crippen molar-refractivity contribution in [1.29, 1.82) is 0 Å². The van der Waals surface area contributed by atoms with E-state index in [2.05, 4.69) is 22.7 Å². The molecule has 6 nitrogen and oxygen atoms in total. The molecular formula is C18H23FN4O2. The Kier molecular flexibility index (Phi) is 5.53. The second-order valence-corrected chi connectivity index (χ2v) is 6.41. The van der Waals surface area contributed by atoms with E-state index in [0.29, 0.717) is 18.9 Å². The van der Waals surface area contributed by atoms with E-state index >= 15 is 0 Å². The lowest BCUT2D eigenvalue weighted by Crippen LogP contribution is -2.40. The van der Waals surface area contributed by atoms with Gasteiger partial charge in [0.1, 0.15) is 11.6 Å². The second-order valence-electron chi connectivity index (χ2n) is 6.41. The number of rotatable bonds is 5. The minimum absolute atomic E-state index is 0.181. The topological polar surface area (TPSA) is 68.2 Å². The number of urea groups is 1. The van der Waals surface area contributed by atoms with Crippen molar-refractivity contribution < 1.29 is 13.9 Å². The van der Waals surface area contributed by atoms with Crippen molar-refractivity contribution in [3.63, 3.8) is 0 Å². The molecule has 2 amide bonds. The quantitative estimate of drug-likeness (QED) is 0.875. The minimum Gasteiger partial charge on any atom is -0.493 e. The van der Waals surface area contributed by atoms with Crippen LogP contribution in [0.3, 0.4) is 0 Å². The maximum Gasteiger partial charge on any atom is 0.315 e. The molecule has 7 heteroatoms. The summed E-state index contributed by atoms with van der Waals surface area (Å²) in [5.41, 5.74) is 0.818. The van der Waals surface area contributed by atoms with Gasteiger partial charge < -0.3 is 15.4 Å². The van der Waals surface area contributed by atoms with Crippen molar-refractivity contribution in [3.05, 3.63) is 48.0 Å². The first-order chi connectivity index (χ1) is 12.1. The van der Waals surface area contributed by atoms with Gasteiger partial charge in [-0.1, -0.05) is 13.0 Å². The monoisotopic (exact) mass is 346 g/mol. The van der Waals surface area contributed by atoms with E-state index in [4.69, 9.17) is 4.74 Å². The summed E-state index contributed by atoms with van der Waals surface area (Å²) in [6.45, 7) is 3.87. The highest BCUT2D eigenvalue weighted by atomic mass is 19.1. The van der Waals surface area contributed by atoms with E-state index in [1.54, 1.807) is 12.3 Å². The second kappa shape index (κ2) is 8.00. The first kappa shape index (κ1) is 17.3. The van der Waals surface area contributed by atoms with Crippen LogP contribution in [0.4, 0.5) is 9.18 Å². The first-order valence-corrected chi connectivity index (χ1v) is 8.56. The van der Waals surface area contributed by atoms with Crippen molar-refractivity contribution in [2.24, 2.45) is 5.92 Å². The standard InChI is InChI=1S/C18H23FN4O2/c1-13(12-23-8-3-7-21-23)11-20-18(24)22-16-4-2-9-25-17-10-14(19)5-6-15(16)17/h3,5-8,10,13,16H,2,4,9,11-12H2,1H3,(H2,20,22,24)/t13-,16+/m0/s1. The highest BCUT2D eigenvalue weighted by Crippen LogP contribution is 2.31. The van der Waals surface area contributed by atoms with Crippen LogP contribution in [-0.2, 0) is 6.54 Å². The molecule has 2 aromatic rings. The molecule has 0 aliphatic carbocycles. The number of hydrogen-bond donors (Lipinski definition) is 2. The van der Waals surface area contributed by atoms with Gasteiger partial charge in [0.25, 0.3) is 0 Å². The van der Waals surface area contributed by atoms with Gasteiger partial charge in [-0.15, -0.1) is 0 Å². The van der Waals surface area contributed by atoms with Crippen LogP contribution < -0.4 is 15.4 Å². The number of halogens is 1. The Morgan fingerprint density at radius 1 is 1.52 bits per heavy atom. The molecule has 2 heterocycles. The molecule has 0 spiro atoms. The summed E-state index contributed by atoms with van der Waals surface area (Å²) in [4.78, 5) is 12.2. The van der Waals surface area contributed by atoms with E-state index < -0.39 is 0 Å². The van der Waals surface area contributed by atoms with Crippen molar-refractivity contribution in [1.82, 2.24) is 20.4 Å². The van der Waals surface area contributed by atoms with Gasteiger partial charge in [0, 0.05) is 37.1 Å². The molecule has 0 radical (unpaired) electrons. The number of carbonyl (C=O) groups is 1. The van der Waals surface area contributed by atoms with Crippen LogP contribution in [0.1, 0.15) is 31.4 Å². The molecule has 2 N–H and O–H groups in total. The molecule has 0 bridgehead atoms. The summed E-state index contributed by atoms with van der Waals surface area (Å²) in [6.07, 6.45) is 5.20. The van der Waals surface area contributed by atoms with E-state index in [0.717, 1.165) is 24.9 Å². The number of benzene rings is 1. The molecule has 0 fully saturated rings. The summed E-state index contributed by atoms with van der Waals surface area (Å²) in [5, 5.41) is 10.0. The average molecular weight is 346 g/mol. The number of carbonyl (C=O) groups excluding carboxylic acids is 1. The summed E-state index contributed by atoms with van der Waals surface area (Å²) in [5.74, 6) is 0.427. The number of aromatic nitrogens is 2. The van der Waals surface area contributed by atoms with Crippen LogP contribution in [0.15, 0.2) is 36.7 Å². The third kappa shape index (κ3) is 4.71. The fraction of sp³-hybridized carbons (Fsp3) is 0.444. The lowest BCUT2D eigenvalue weighted by atomic mass is 10.0. The fourth-order valence-electron chi connectivity index (χ4n) is 2.96. The molecule has 0 saturated heterocycles. The molecule has 0 saturated carbocycles. The average Bonchev–Trinajstić information content (AvgIpc) is 3.01. The molecule has 25 heavy (non-hydrogen) atoms. The number of nitrogens with one attached hydrogen (secondary N) is 2. The van der Waals surface area contributed by atoms with Crippen LogP contribution in [0.2, 0.25) is 0 Å². The van der Waals surface area contributed by atoms with Gasteiger partial charge >= 0.3 is 6.03 Å². The van der Waals surface area contributed by atoms with Gasteiger partial charge in [0.2, 0.25) is 0 Å². The van der Waals surface area contributed by atoms with Crippen molar-refractivity contribution in [2.75, 3.05) is 13.2 Å². The summed E-state index contributed by atoms with van der Waals surface area (Å²) >= 11 is 0. The molecule has 134 valence electrons. The van der Waals surface area contributed by atoms with Gasteiger partial charge in [0.15, 0.2) is 0 Å². The molecule has 0 unspecified atom stereocenters. The van der Waals surface area contributed by atoms with Crippen LogP contribution in [0.5, 0.6) is 5.75 Å². The van der Waals surface area contributed by atoms with Crippen molar-refractivity contribution >= 4 is 6.03 Å². The summed E-state index contributed by atoms with van der Waals surface area (Å²) in [6, 6.07) is 5.92. The smallest absolute Gasteiger partial charge is 0.315 e. The number of hydrogen-bond acceptors (Lipinski definition) is 3. The van der Waals surface area contributed by atoms with Gasteiger partial charge in [0.05, 0.1) is 12.6 Å². The van der Waals surface area contributed by atoms with E-state index in [1.165, 1.54) is 12.1 Å². The van der Waals surface area contributed by atoms with E-state index in [9.17, 15) is 9.18 Å². The Bertz CT molecular complexity index is 705. The maximum atomic E-state index is 13.4. The number of nitrogens with zero attached hydrogens (tertiary/aromatic N) is 2. The number of ether oxygens (including phenoxy) is 1. The Labute approximate surface area is 146 Å². The Hall–Kier alpha value is -2.57. The molecule has 1 aliphatic rings. The first-order valence-electron chi connectivity index (χ1n) is 8.56. The fourth-order valence-corrected chi connectivity index (χ4v) is 2.96. The zero-order valence-corrected chi connectivity index (χ0v) is 14.2. The highest BCUT2D eigenvalue weighted by Gasteiger charge is 2.22. The van der Waals surface area contributed by atoms with Crippen LogP contribution in [0.25, 0.3) is 0 Å². The summed E-state index contributed by atoms with van der Waals surface area (Å²) in [7, 11) is 0. The highest BCUT2D eigenvalue weighted by molar-refractivity contribution is 5.74. The van der Waals surface area contributed by atoms with Crippen LogP contribution in [-0.4, -0.2) is 29.0 Å². The van der Waals surface area contributed by atoms with Gasteiger partial charge in [-0.05, 0) is 30.9 Å². The SMILES string of the molecule is C[C@@H](CNC(=O)N[C@@H]1CCCOc2cc(F)ccc21)Cn1cccn1. The predicted octanol–water partition coefficient (Wildman–Crippen LogP) is 2.87. The molecule has 1 aromatic heterocycles. The molecule has 2 atom stereocenters. The minimum atomic E-state index is -0.337. The zero-order chi connectivity index (χ0) is 17.6. The third-order valence-corrected chi connectivity index (χ3v) is 4.22. The van der Waals surface area contributed by atoms with Gasteiger partial charge in [-0.2, -0.15) is 5.10 Å². The maximum absolute atomic E-state index is 13.4. The normalized spacial score (nSPS) is 17.8. The van der Waals surface area contributed by atoms with E-state index in [1.807, 2.05) is 16.9 Å². The van der Waals surface area contributed by atoms with Crippen LogP contribution >= 0.6 is 0 Å². The molecular weight excluding hydrogens is 323 g/mol. The molecule has 3 rings (SSSR count). The Morgan fingerprint density at radius 2 is 2.40 bits per heavy atom. The number of fused-ring (bicyclic) bond motifs is 1. The largest absolute Gasteiger partial charge is 0.493 e. The lowest BCUT2D eigenvalue weighted by molar-refractivity contribution is 0.233. The zero-order valence-electron chi connectivity index (χ0n) is 14.2. The van der Waals surface area contributed by atoms with Crippen LogP contribution in [0, 0.1) is 11.7 Å². The summed E-state index contributed by atoms with van der Waals surface area (Å²) < 4.78 is 20.8. The Morgan fingerprint density at radius 3 is 3.20 bits per heavy atom. The Balaban J connectivity index is 1.54. The molecule has 1 aliphatic heterocycles. The third-order valence-electron chi connectivity index (χ3n) is 4.22.